The maximum Gasteiger partial charge on any atom is 0.123 e. The molecule has 0 amide bonds. The van der Waals surface area contributed by atoms with Crippen LogP contribution in [0.2, 0.25) is 0 Å². The molecule has 0 bridgehead atoms. The summed E-state index contributed by atoms with van der Waals surface area (Å²) < 4.78 is 23.3. The van der Waals surface area contributed by atoms with Crippen molar-refractivity contribution in [1.82, 2.24) is 5.32 Å². The normalized spacial score (nSPS) is 12.6. The van der Waals surface area contributed by atoms with E-state index in [0.29, 0.717) is 13.2 Å². The van der Waals surface area contributed by atoms with E-state index in [-0.39, 0.29) is 11.7 Å². The Morgan fingerprint density at radius 3 is 2.67 bits per heavy atom. The highest BCUT2D eigenvalue weighted by atomic mass is 19.1. The third-order valence-corrected chi connectivity index (χ3v) is 2.86. The first-order chi connectivity index (χ1) is 8.77. The molecule has 1 aromatic carbocycles. The van der Waals surface area contributed by atoms with Crippen LogP contribution in [-0.2, 0) is 9.47 Å². The van der Waals surface area contributed by atoms with E-state index in [1.165, 1.54) is 6.07 Å². The fraction of sp³-hybridized carbons (Fsp3) is 0.571. The zero-order valence-electron chi connectivity index (χ0n) is 11.1. The lowest BCUT2D eigenvalue weighted by Crippen LogP contribution is -2.25. The van der Waals surface area contributed by atoms with E-state index in [0.717, 1.165) is 25.1 Å². The zero-order valence-corrected chi connectivity index (χ0v) is 11.1. The molecule has 3 nitrogen and oxygen atoms in total. The summed E-state index contributed by atoms with van der Waals surface area (Å²) in [5, 5.41) is 3.31. The van der Waals surface area contributed by atoms with Crippen LogP contribution in [0.15, 0.2) is 24.3 Å². The zero-order chi connectivity index (χ0) is 13.2. The molecule has 0 fully saturated rings. The molecule has 0 spiro atoms. The summed E-state index contributed by atoms with van der Waals surface area (Å²) in [6.45, 7) is 2.96. The molecule has 1 atom stereocenters. The standard InChI is InChI=1S/C14H22FNO2/c1-17-8-6-13(11-16-7-9-18-2)12-4-3-5-14(15)10-12/h3-5,10,13,16H,6-9,11H2,1-2H3. The minimum Gasteiger partial charge on any atom is -0.385 e. The Bertz CT molecular complexity index is 333. The average molecular weight is 255 g/mol. The first-order valence-corrected chi connectivity index (χ1v) is 6.22. The maximum atomic E-state index is 13.2. The Hall–Kier alpha value is -0.970. The van der Waals surface area contributed by atoms with E-state index in [1.54, 1.807) is 26.4 Å². The minimum absolute atomic E-state index is 0.188. The number of rotatable bonds is 9. The summed E-state index contributed by atoms with van der Waals surface area (Å²) in [4.78, 5) is 0. The molecular formula is C14H22FNO2. The summed E-state index contributed by atoms with van der Waals surface area (Å²) in [5.74, 6) is 0.0734. The van der Waals surface area contributed by atoms with Crippen LogP contribution < -0.4 is 5.32 Å². The van der Waals surface area contributed by atoms with Gasteiger partial charge in [0.1, 0.15) is 5.82 Å². The predicted molar refractivity (Wildman–Crippen MR) is 70.4 cm³/mol. The number of hydrogen-bond acceptors (Lipinski definition) is 3. The van der Waals surface area contributed by atoms with Crippen molar-refractivity contribution < 1.29 is 13.9 Å². The lowest BCUT2D eigenvalue weighted by molar-refractivity contribution is 0.183. The van der Waals surface area contributed by atoms with Gasteiger partial charge < -0.3 is 14.8 Å². The van der Waals surface area contributed by atoms with Crippen LogP contribution in [0.1, 0.15) is 17.9 Å². The van der Waals surface area contributed by atoms with Gasteiger partial charge in [0.25, 0.3) is 0 Å². The van der Waals surface area contributed by atoms with Gasteiger partial charge in [0.2, 0.25) is 0 Å². The average Bonchev–Trinajstić information content (AvgIpc) is 2.38. The molecule has 0 saturated carbocycles. The Balaban J connectivity index is 2.54. The van der Waals surface area contributed by atoms with Crippen LogP contribution in [0, 0.1) is 5.82 Å². The highest BCUT2D eigenvalue weighted by Crippen LogP contribution is 2.19. The molecule has 1 rings (SSSR count). The summed E-state index contributed by atoms with van der Waals surface area (Å²) in [6, 6.07) is 6.77. The van der Waals surface area contributed by atoms with Crippen molar-refractivity contribution in [3.8, 4) is 0 Å². The molecule has 1 aromatic rings. The van der Waals surface area contributed by atoms with Crippen molar-refractivity contribution in [3.63, 3.8) is 0 Å². The first kappa shape index (κ1) is 15.1. The monoisotopic (exact) mass is 255 g/mol. The van der Waals surface area contributed by atoms with Crippen LogP contribution in [0.4, 0.5) is 4.39 Å². The van der Waals surface area contributed by atoms with Crippen LogP contribution in [0.5, 0.6) is 0 Å². The molecule has 102 valence electrons. The predicted octanol–water partition coefficient (Wildman–Crippen LogP) is 2.18. The molecule has 0 radical (unpaired) electrons. The second kappa shape index (κ2) is 9.03. The van der Waals surface area contributed by atoms with Gasteiger partial charge in [-0.3, -0.25) is 0 Å². The number of nitrogens with one attached hydrogen (secondary N) is 1. The Morgan fingerprint density at radius 2 is 2.00 bits per heavy atom. The summed E-state index contributed by atoms with van der Waals surface area (Å²) in [6.07, 6.45) is 0.875. The van der Waals surface area contributed by atoms with E-state index >= 15 is 0 Å². The third-order valence-electron chi connectivity index (χ3n) is 2.86. The van der Waals surface area contributed by atoms with Crippen LogP contribution in [0.25, 0.3) is 0 Å². The fourth-order valence-electron chi connectivity index (χ4n) is 1.86. The van der Waals surface area contributed by atoms with Crippen LogP contribution in [-0.4, -0.2) is 40.5 Å². The number of hydrogen-bond donors (Lipinski definition) is 1. The van der Waals surface area contributed by atoms with Gasteiger partial charge in [0.15, 0.2) is 0 Å². The maximum absolute atomic E-state index is 13.2. The van der Waals surface area contributed by atoms with Crippen molar-refractivity contribution >= 4 is 0 Å². The van der Waals surface area contributed by atoms with E-state index in [9.17, 15) is 4.39 Å². The molecule has 0 heterocycles. The van der Waals surface area contributed by atoms with Crippen molar-refractivity contribution in [1.29, 1.82) is 0 Å². The van der Waals surface area contributed by atoms with E-state index in [4.69, 9.17) is 9.47 Å². The van der Waals surface area contributed by atoms with Gasteiger partial charge in [0.05, 0.1) is 6.61 Å². The van der Waals surface area contributed by atoms with Crippen LogP contribution in [0.3, 0.4) is 0 Å². The van der Waals surface area contributed by atoms with Gasteiger partial charge in [-0.2, -0.15) is 0 Å². The van der Waals surface area contributed by atoms with E-state index < -0.39 is 0 Å². The number of methoxy groups -OCH3 is 2. The van der Waals surface area contributed by atoms with Gasteiger partial charge in [-0.25, -0.2) is 4.39 Å². The second-order valence-corrected chi connectivity index (χ2v) is 4.23. The lowest BCUT2D eigenvalue weighted by Gasteiger charge is -2.18. The Labute approximate surface area is 108 Å². The summed E-state index contributed by atoms with van der Waals surface area (Å²) >= 11 is 0. The number of benzene rings is 1. The second-order valence-electron chi connectivity index (χ2n) is 4.23. The Morgan fingerprint density at radius 1 is 1.22 bits per heavy atom. The smallest absolute Gasteiger partial charge is 0.123 e. The van der Waals surface area contributed by atoms with Gasteiger partial charge in [-0.15, -0.1) is 0 Å². The van der Waals surface area contributed by atoms with Crippen molar-refractivity contribution in [2.45, 2.75) is 12.3 Å². The van der Waals surface area contributed by atoms with Gasteiger partial charge in [0, 0.05) is 33.9 Å². The lowest BCUT2D eigenvalue weighted by atomic mass is 9.96. The molecule has 0 aliphatic heterocycles. The summed E-state index contributed by atoms with van der Waals surface area (Å²) in [5.41, 5.74) is 1.01. The van der Waals surface area contributed by atoms with Crippen molar-refractivity contribution in [2.75, 3.05) is 40.5 Å². The van der Waals surface area contributed by atoms with Crippen molar-refractivity contribution in [3.05, 3.63) is 35.6 Å². The highest BCUT2D eigenvalue weighted by molar-refractivity contribution is 5.21. The number of halogens is 1. The third kappa shape index (κ3) is 5.58. The molecule has 4 heteroatoms. The highest BCUT2D eigenvalue weighted by Gasteiger charge is 2.11. The Kier molecular flexibility index (Phi) is 7.57. The largest absolute Gasteiger partial charge is 0.385 e. The minimum atomic E-state index is -0.188. The molecule has 1 unspecified atom stereocenters. The van der Waals surface area contributed by atoms with E-state index in [2.05, 4.69) is 5.32 Å². The quantitative estimate of drug-likeness (QED) is 0.686. The van der Waals surface area contributed by atoms with Gasteiger partial charge in [-0.05, 0) is 30.0 Å². The molecule has 18 heavy (non-hydrogen) atoms. The van der Waals surface area contributed by atoms with Gasteiger partial charge in [-0.1, -0.05) is 12.1 Å². The van der Waals surface area contributed by atoms with Gasteiger partial charge >= 0.3 is 0 Å². The molecule has 0 aromatic heterocycles. The number of ether oxygens (including phenoxy) is 2. The van der Waals surface area contributed by atoms with Crippen molar-refractivity contribution in [2.24, 2.45) is 0 Å². The molecular weight excluding hydrogens is 233 g/mol. The topological polar surface area (TPSA) is 30.5 Å². The summed E-state index contributed by atoms with van der Waals surface area (Å²) in [7, 11) is 3.36. The fourth-order valence-corrected chi connectivity index (χ4v) is 1.86. The van der Waals surface area contributed by atoms with Crippen LogP contribution >= 0.6 is 0 Å². The van der Waals surface area contributed by atoms with E-state index in [1.807, 2.05) is 6.07 Å². The molecule has 0 aliphatic carbocycles. The molecule has 0 saturated heterocycles. The molecule has 1 N–H and O–H groups in total. The SMILES string of the molecule is COCCNCC(CCOC)c1cccc(F)c1. The molecule has 0 aliphatic rings. The first-order valence-electron chi connectivity index (χ1n) is 6.22.